The lowest BCUT2D eigenvalue weighted by atomic mass is 10.1. The van der Waals surface area contributed by atoms with Crippen LogP contribution in [0.25, 0.3) is 11.3 Å². The number of hydrogen-bond acceptors (Lipinski definition) is 4. The number of aryl methyl sites for hydroxylation is 2. The number of amides is 1. The van der Waals surface area contributed by atoms with Crippen LogP contribution in [-0.4, -0.2) is 45.0 Å². The normalized spacial score (nSPS) is 11.9. The maximum atomic E-state index is 12.1. The Kier molecular flexibility index (Phi) is 6.78. The van der Waals surface area contributed by atoms with Crippen molar-refractivity contribution in [3.05, 3.63) is 23.1 Å². The van der Waals surface area contributed by atoms with E-state index in [4.69, 9.17) is 0 Å². The van der Waals surface area contributed by atoms with Gasteiger partial charge in [-0.2, -0.15) is 10.2 Å². The molecule has 0 aromatic carbocycles. The van der Waals surface area contributed by atoms with Crippen molar-refractivity contribution in [2.45, 2.75) is 33.7 Å². The number of nitrogens with zero attached hydrogens (tertiary/aromatic N) is 3. The molecule has 0 bridgehead atoms. The number of likely N-dealkylation sites (N-methyl/N-ethyl adjacent to an activating group) is 1. The summed E-state index contributed by atoms with van der Waals surface area (Å²) in [5.41, 5.74) is 4.10. The Morgan fingerprint density at radius 1 is 1.43 bits per heavy atom. The Labute approximate surface area is 142 Å². The summed E-state index contributed by atoms with van der Waals surface area (Å²) in [6, 6.07) is 2.00. The van der Waals surface area contributed by atoms with Crippen molar-refractivity contribution < 1.29 is 4.79 Å². The number of hydrogen-bond donors (Lipinski definition) is 3. The van der Waals surface area contributed by atoms with E-state index in [2.05, 4.69) is 25.9 Å². The zero-order chi connectivity index (χ0) is 16.3. The van der Waals surface area contributed by atoms with Gasteiger partial charge in [0, 0.05) is 30.9 Å². The van der Waals surface area contributed by atoms with Crippen LogP contribution in [0.5, 0.6) is 0 Å². The number of rotatable bonds is 6. The van der Waals surface area contributed by atoms with E-state index in [1.54, 1.807) is 6.07 Å². The molecule has 8 heteroatoms. The van der Waals surface area contributed by atoms with Crippen molar-refractivity contribution in [2.75, 3.05) is 13.1 Å². The number of halogens is 1. The monoisotopic (exact) mass is 340 g/mol. The van der Waals surface area contributed by atoms with Crippen LogP contribution in [0.3, 0.4) is 0 Å². The molecular formula is C15H25ClN6O. The lowest BCUT2D eigenvalue weighted by Crippen LogP contribution is -2.38. The number of aromatic amines is 1. The Morgan fingerprint density at radius 2 is 2.13 bits per heavy atom. The van der Waals surface area contributed by atoms with Crippen molar-refractivity contribution >= 4 is 18.3 Å². The second kappa shape index (κ2) is 8.12. The number of nitrogens with one attached hydrogen (secondary N) is 3. The maximum Gasteiger partial charge on any atom is 0.269 e. The van der Waals surface area contributed by atoms with Gasteiger partial charge in [-0.1, -0.05) is 6.92 Å². The predicted octanol–water partition coefficient (Wildman–Crippen LogP) is 1.58. The quantitative estimate of drug-likeness (QED) is 0.745. The Morgan fingerprint density at radius 3 is 2.70 bits per heavy atom. The Bertz CT molecular complexity index is 663. The summed E-state index contributed by atoms with van der Waals surface area (Å²) in [4.78, 5) is 12.1. The summed E-state index contributed by atoms with van der Waals surface area (Å²) in [5, 5.41) is 17.6. The fourth-order valence-electron chi connectivity index (χ4n) is 2.47. The van der Waals surface area contributed by atoms with E-state index in [1.807, 2.05) is 39.4 Å². The highest BCUT2D eigenvalue weighted by molar-refractivity contribution is 5.93. The highest BCUT2D eigenvalue weighted by atomic mass is 35.5. The molecule has 0 aliphatic carbocycles. The summed E-state index contributed by atoms with van der Waals surface area (Å²) in [6.07, 6.45) is 0. The summed E-state index contributed by atoms with van der Waals surface area (Å²) in [7, 11) is 1.90. The van der Waals surface area contributed by atoms with E-state index >= 15 is 0 Å². The Balaban J connectivity index is 0.00000264. The number of carbonyl (C=O) groups excluding carboxylic acids is 1. The lowest BCUT2D eigenvalue weighted by molar-refractivity contribution is 0.0945. The van der Waals surface area contributed by atoms with E-state index in [1.165, 1.54) is 0 Å². The number of carbonyl (C=O) groups is 1. The predicted molar refractivity (Wildman–Crippen MR) is 93.0 cm³/mol. The fourth-order valence-corrected chi connectivity index (χ4v) is 2.47. The largest absolute Gasteiger partial charge is 0.349 e. The molecular weight excluding hydrogens is 316 g/mol. The van der Waals surface area contributed by atoms with Gasteiger partial charge in [-0.3, -0.25) is 14.6 Å². The van der Waals surface area contributed by atoms with Gasteiger partial charge >= 0.3 is 0 Å². The molecule has 0 saturated heterocycles. The molecule has 1 amide bonds. The van der Waals surface area contributed by atoms with E-state index in [0.29, 0.717) is 12.2 Å². The third-order valence-corrected chi connectivity index (χ3v) is 3.71. The van der Waals surface area contributed by atoms with Crippen LogP contribution in [0.2, 0.25) is 0 Å². The summed E-state index contributed by atoms with van der Waals surface area (Å²) in [6.45, 7) is 9.45. The lowest BCUT2D eigenvalue weighted by Gasteiger charge is -2.12. The molecule has 0 aliphatic rings. The van der Waals surface area contributed by atoms with Gasteiger partial charge in [0.15, 0.2) is 0 Å². The van der Waals surface area contributed by atoms with Gasteiger partial charge in [0.1, 0.15) is 5.69 Å². The zero-order valence-electron chi connectivity index (χ0n) is 14.2. The molecule has 3 N–H and O–H groups in total. The average Bonchev–Trinajstić information content (AvgIpc) is 3.03. The van der Waals surface area contributed by atoms with Crippen molar-refractivity contribution in [3.8, 4) is 11.3 Å². The number of H-pyrrole nitrogens is 1. The van der Waals surface area contributed by atoms with Crippen LogP contribution in [0, 0.1) is 13.8 Å². The molecule has 0 aliphatic heterocycles. The molecule has 2 aromatic rings. The second-order valence-corrected chi connectivity index (χ2v) is 5.51. The van der Waals surface area contributed by atoms with Crippen LogP contribution >= 0.6 is 12.4 Å². The molecule has 2 aromatic heterocycles. The maximum absolute atomic E-state index is 12.1. The minimum absolute atomic E-state index is 0. The Hall–Kier alpha value is -1.86. The van der Waals surface area contributed by atoms with Crippen LogP contribution in [-0.2, 0) is 7.05 Å². The molecule has 0 radical (unpaired) electrons. The molecule has 23 heavy (non-hydrogen) atoms. The fraction of sp³-hybridized carbons (Fsp3) is 0.533. The van der Waals surface area contributed by atoms with Crippen molar-refractivity contribution in [3.63, 3.8) is 0 Å². The van der Waals surface area contributed by atoms with Gasteiger partial charge in [0.05, 0.1) is 11.4 Å². The van der Waals surface area contributed by atoms with E-state index < -0.39 is 0 Å². The highest BCUT2D eigenvalue weighted by Crippen LogP contribution is 2.25. The minimum Gasteiger partial charge on any atom is -0.349 e. The number of aromatic nitrogens is 4. The average molecular weight is 341 g/mol. The van der Waals surface area contributed by atoms with Gasteiger partial charge in [0.25, 0.3) is 5.91 Å². The molecule has 0 fully saturated rings. The molecule has 7 nitrogen and oxygen atoms in total. The topological polar surface area (TPSA) is 87.6 Å². The van der Waals surface area contributed by atoms with Crippen molar-refractivity contribution in [1.82, 2.24) is 30.6 Å². The minimum atomic E-state index is -0.150. The molecule has 2 heterocycles. The first kappa shape index (κ1) is 19.2. The van der Waals surface area contributed by atoms with Gasteiger partial charge in [0.2, 0.25) is 0 Å². The standard InChI is InChI=1S/C15H24N6O.ClH/c1-6-16-9(2)8-17-15(22)13-7-12(18-19-13)14-10(3)20-21(5)11(14)4;/h7,9,16H,6,8H2,1-5H3,(H,17,22)(H,18,19);1H/t9-;/m1./s1. The third kappa shape index (κ3) is 4.33. The summed E-state index contributed by atoms with van der Waals surface area (Å²) >= 11 is 0. The second-order valence-electron chi connectivity index (χ2n) is 5.51. The molecule has 0 unspecified atom stereocenters. The third-order valence-electron chi connectivity index (χ3n) is 3.71. The van der Waals surface area contributed by atoms with Crippen LogP contribution in [0.4, 0.5) is 0 Å². The summed E-state index contributed by atoms with van der Waals surface area (Å²) in [5.74, 6) is -0.150. The molecule has 0 spiro atoms. The SMILES string of the molecule is CCN[C@H](C)CNC(=O)c1cc(-c2c(C)nn(C)c2C)n[nH]1.Cl. The smallest absolute Gasteiger partial charge is 0.269 e. The van der Waals surface area contributed by atoms with Crippen LogP contribution < -0.4 is 10.6 Å². The zero-order valence-corrected chi connectivity index (χ0v) is 15.0. The first-order chi connectivity index (χ1) is 10.4. The van der Waals surface area contributed by atoms with Crippen LogP contribution in [0.15, 0.2) is 6.07 Å². The first-order valence-electron chi connectivity index (χ1n) is 7.51. The van der Waals surface area contributed by atoms with E-state index in [9.17, 15) is 4.79 Å². The van der Waals surface area contributed by atoms with E-state index in [-0.39, 0.29) is 24.4 Å². The molecule has 2 rings (SSSR count). The van der Waals surface area contributed by atoms with Gasteiger partial charge < -0.3 is 10.6 Å². The molecule has 128 valence electrons. The van der Waals surface area contributed by atoms with Gasteiger partial charge in [-0.25, -0.2) is 0 Å². The highest BCUT2D eigenvalue weighted by Gasteiger charge is 2.17. The first-order valence-corrected chi connectivity index (χ1v) is 7.51. The van der Waals surface area contributed by atoms with E-state index in [0.717, 1.165) is 29.2 Å². The summed E-state index contributed by atoms with van der Waals surface area (Å²) < 4.78 is 1.82. The molecule has 0 saturated carbocycles. The van der Waals surface area contributed by atoms with Crippen LogP contribution in [0.1, 0.15) is 35.7 Å². The van der Waals surface area contributed by atoms with Gasteiger partial charge in [-0.05, 0) is 33.4 Å². The van der Waals surface area contributed by atoms with Crippen molar-refractivity contribution in [2.24, 2.45) is 7.05 Å². The van der Waals surface area contributed by atoms with Crippen molar-refractivity contribution in [1.29, 1.82) is 0 Å². The van der Waals surface area contributed by atoms with Gasteiger partial charge in [-0.15, -0.1) is 12.4 Å². The molecule has 1 atom stereocenters.